The van der Waals surface area contributed by atoms with Gasteiger partial charge < -0.3 is 10.2 Å². The number of amides is 4. The molecule has 0 aliphatic carbocycles. The Morgan fingerprint density at radius 3 is 2.19 bits per heavy atom. The van der Waals surface area contributed by atoms with E-state index in [1.165, 1.54) is 16.8 Å². The quantitative estimate of drug-likeness (QED) is 0.588. The van der Waals surface area contributed by atoms with Crippen LogP contribution in [0.3, 0.4) is 0 Å². The molecule has 1 aliphatic heterocycles. The van der Waals surface area contributed by atoms with Gasteiger partial charge in [-0.15, -0.1) is 0 Å². The summed E-state index contributed by atoms with van der Waals surface area (Å²) in [7, 11) is 1.53. The maximum absolute atomic E-state index is 13.1. The second-order valence-corrected chi connectivity index (χ2v) is 7.97. The van der Waals surface area contributed by atoms with Crippen molar-refractivity contribution in [3.05, 3.63) is 70.2 Å². The minimum absolute atomic E-state index is 0.0886. The average Bonchev–Trinajstić information content (AvgIpc) is 3.04. The molecule has 0 saturated carbocycles. The molecule has 1 atom stereocenters. The molecule has 4 amide bonds. The molecule has 32 heavy (non-hydrogen) atoms. The van der Waals surface area contributed by atoms with E-state index in [1.807, 2.05) is 19.1 Å². The Bertz CT molecular complexity index is 1000. The zero-order chi connectivity index (χ0) is 23.3. The number of hydrogen-bond donors (Lipinski definition) is 1. The molecule has 7 nitrogen and oxygen atoms in total. The van der Waals surface area contributed by atoms with Crippen LogP contribution in [0, 0.1) is 0 Å². The molecule has 168 valence electrons. The first kappa shape index (κ1) is 23.5. The van der Waals surface area contributed by atoms with E-state index in [0.29, 0.717) is 29.0 Å². The summed E-state index contributed by atoms with van der Waals surface area (Å²) in [5, 5.41) is 3.13. The Balaban J connectivity index is 1.70. The van der Waals surface area contributed by atoms with Gasteiger partial charge >= 0.3 is 0 Å². The van der Waals surface area contributed by atoms with Gasteiger partial charge in [0.2, 0.25) is 11.8 Å². The summed E-state index contributed by atoms with van der Waals surface area (Å²) in [6.45, 7) is 2.16. The lowest BCUT2D eigenvalue weighted by molar-refractivity contribution is -0.141. The van der Waals surface area contributed by atoms with Crippen LogP contribution in [0.2, 0.25) is 5.02 Å². The Kier molecular flexibility index (Phi) is 7.64. The first-order valence-electron chi connectivity index (χ1n) is 10.6. The maximum atomic E-state index is 13.1. The minimum atomic E-state index is -0.650. The van der Waals surface area contributed by atoms with Gasteiger partial charge in [-0.1, -0.05) is 48.9 Å². The third kappa shape index (κ3) is 4.83. The van der Waals surface area contributed by atoms with E-state index >= 15 is 0 Å². The summed E-state index contributed by atoms with van der Waals surface area (Å²) in [5.74, 6) is -1.18. The second-order valence-electron chi connectivity index (χ2n) is 7.56. The molecular formula is C24H26ClN3O4. The fourth-order valence-electron chi connectivity index (χ4n) is 3.87. The number of imide groups is 1. The predicted octanol–water partition coefficient (Wildman–Crippen LogP) is 3.27. The number of nitrogens with zero attached hydrogens (tertiary/aromatic N) is 2. The summed E-state index contributed by atoms with van der Waals surface area (Å²) in [4.78, 5) is 53.3. The van der Waals surface area contributed by atoms with Gasteiger partial charge in [0.15, 0.2) is 0 Å². The van der Waals surface area contributed by atoms with Crippen molar-refractivity contribution in [3.8, 4) is 0 Å². The van der Waals surface area contributed by atoms with Gasteiger partial charge in [-0.05, 0) is 36.6 Å². The molecule has 0 radical (unpaired) electrons. The second kappa shape index (κ2) is 10.4. The van der Waals surface area contributed by atoms with Crippen LogP contribution in [0.15, 0.2) is 48.5 Å². The molecule has 0 spiro atoms. The van der Waals surface area contributed by atoms with Crippen LogP contribution in [0.1, 0.15) is 52.5 Å². The topological polar surface area (TPSA) is 86.8 Å². The van der Waals surface area contributed by atoms with Crippen molar-refractivity contribution >= 4 is 35.2 Å². The van der Waals surface area contributed by atoms with Crippen LogP contribution in [-0.2, 0) is 16.1 Å². The molecule has 2 aromatic carbocycles. The summed E-state index contributed by atoms with van der Waals surface area (Å²) in [6, 6.07) is 13.2. The number of carbonyl (C=O) groups excluding carboxylic acids is 4. The number of nitrogens with one attached hydrogen (secondary N) is 1. The Hall–Kier alpha value is -3.19. The highest BCUT2D eigenvalue weighted by Gasteiger charge is 2.35. The van der Waals surface area contributed by atoms with Gasteiger partial charge in [0.1, 0.15) is 6.04 Å². The van der Waals surface area contributed by atoms with Crippen molar-refractivity contribution in [2.45, 2.75) is 38.8 Å². The SMILES string of the molecule is CC[C@H](C(=O)NC)N(Cc1ccccc1Cl)C(=O)CCCN1C(=O)c2ccccc2C1=O. The summed E-state index contributed by atoms with van der Waals surface area (Å²) < 4.78 is 0. The fraction of sp³-hybridized carbons (Fsp3) is 0.333. The molecule has 1 heterocycles. The van der Waals surface area contributed by atoms with E-state index in [1.54, 1.807) is 36.4 Å². The normalized spacial score (nSPS) is 13.7. The highest BCUT2D eigenvalue weighted by Crippen LogP contribution is 2.24. The number of benzene rings is 2. The molecular weight excluding hydrogens is 430 g/mol. The van der Waals surface area contributed by atoms with E-state index in [0.717, 1.165) is 5.56 Å². The first-order chi connectivity index (χ1) is 15.4. The van der Waals surface area contributed by atoms with E-state index in [2.05, 4.69) is 5.32 Å². The molecule has 0 fully saturated rings. The van der Waals surface area contributed by atoms with Crippen LogP contribution in [0.5, 0.6) is 0 Å². The van der Waals surface area contributed by atoms with Crippen LogP contribution < -0.4 is 5.32 Å². The smallest absolute Gasteiger partial charge is 0.261 e. The van der Waals surface area contributed by atoms with Crippen LogP contribution in [-0.4, -0.2) is 53.1 Å². The molecule has 1 aliphatic rings. The summed E-state index contributed by atoms with van der Waals surface area (Å²) in [5.41, 5.74) is 1.51. The standard InChI is InChI=1S/C24H26ClN3O4/c1-3-20(22(30)26-2)28(15-16-9-4-7-12-19(16)25)21(29)13-8-14-27-23(31)17-10-5-6-11-18(17)24(27)32/h4-7,9-12,20H,3,8,13-15H2,1-2H3,(H,26,30)/t20-/m1/s1. The van der Waals surface area contributed by atoms with Crippen molar-refractivity contribution in [1.82, 2.24) is 15.1 Å². The third-order valence-corrected chi connectivity index (χ3v) is 5.95. The van der Waals surface area contributed by atoms with Crippen molar-refractivity contribution in [1.29, 1.82) is 0 Å². The highest BCUT2D eigenvalue weighted by atomic mass is 35.5. The number of fused-ring (bicyclic) bond motifs is 1. The molecule has 0 bridgehead atoms. The van der Waals surface area contributed by atoms with Gasteiger partial charge in [-0.3, -0.25) is 24.1 Å². The predicted molar refractivity (Wildman–Crippen MR) is 121 cm³/mol. The maximum Gasteiger partial charge on any atom is 0.261 e. The molecule has 0 saturated heterocycles. The molecule has 0 aromatic heterocycles. The summed E-state index contributed by atoms with van der Waals surface area (Å²) >= 11 is 6.28. The zero-order valence-corrected chi connectivity index (χ0v) is 18.9. The lowest BCUT2D eigenvalue weighted by Gasteiger charge is -2.30. The fourth-order valence-corrected chi connectivity index (χ4v) is 4.07. The molecule has 8 heteroatoms. The van der Waals surface area contributed by atoms with E-state index in [4.69, 9.17) is 11.6 Å². The van der Waals surface area contributed by atoms with Crippen LogP contribution >= 0.6 is 11.6 Å². The lowest BCUT2D eigenvalue weighted by Crippen LogP contribution is -2.48. The van der Waals surface area contributed by atoms with Gasteiger partial charge in [0.05, 0.1) is 11.1 Å². The zero-order valence-electron chi connectivity index (χ0n) is 18.1. The van der Waals surface area contributed by atoms with E-state index in [-0.39, 0.29) is 43.1 Å². The lowest BCUT2D eigenvalue weighted by atomic mass is 10.1. The Morgan fingerprint density at radius 2 is 1.62 bits per heavy atom. The van der Waals surface area contributed by atoms with E-state index < -0.39 is 6.04 Å². The molecule has 3 rings (SSSR count). The number of rotatable bonds is 9. The first-order valence-corrected chi connectivity index (χ1v) is 11.0. The van der Waals surface area contributed by atoms with Crippen molar-refractivity contribution < 1.29 is 19.2 Å². The van der Waals surface area contributed by atoms with Crippen LogP contribution in [0.25, 0.3) is 0 Å². The number of carbonyl (C=O) groups is 4. The Morgan fingerprint density at radius 1 is 1.03 bits per heavy atom. The van der Waals surface area contributed by atoms with E-state index in [9.17, 15) is 19.2 Å². The van der Waals surface area contributed by atoms with Crippen molar-refractivity contribution in [3.63, 3.8) is 0 Å². The number of halogens is 1. The van der Waals surface area contributed by atoms with Gasteiger partial charge in [-0.2, -0.15) is 0 Å². The van der Waals surface area contributed by atoms with Crippen molar-refractivity contribution in [2.75, 3.05) is 13.6 Å². The van der Waals surface area contributed by atoms with Gasteiger partial charge in [0.25, 0.3) is 11.8 Å². The van der Waals surface area contributed by atoms with Crippen LogP contribution in [0.4, 0.5) is 0 Å². The number of hydrogen-bond acceptors (Lipinski definition) is 4. The highest BCUT2D eigenvalue weighted by molar-refractivity contribution is 6.31. The molecule has 0 unspecified atom stereocenters. The van der Waals surface area contributed by atoms with Gasteiger partial charge in [0, 0.05) is 31.6 Å². The molecule has 1 N–H and O–H groups in total. The summed E-state index contributed by atoms with van der Waals surface area (Å²) in [6.07, 6.45) is 0.827. The Labute approximate surface area is 192 Å². The minimum Gasteiger partial charge on any atom is -0.357 e. The average molecular weight is 456 g/mol. The number of likely N-dealkylation sites (N-methyl/N-ethyl adjacent to an activating group) is 1. The van der Waals surface area contributed by atoms with Gasteiger partial charge in [-0.25, -0.2) is 0 Å². The monoisotopic (exact) mass is 455 g/mol. The van der Waals surface area contributed by atoms with Crippen molar-refractivity contribution in [2.24, 2.45) is 0 Å². The largest absolute Gasteiger partial charge is 0.357 e. The third-order valence-electron chi connectivity index (χ3n) is 5.58. The molecule has 2 aromatic rings.